The third-order valence-corrected chi connectivity index (χ3v) is 5.39. The molecule has 0 fully saturated rings. The third kappa shape index (κ3) is 6.03. The monoisotopic (exact) mass is 426 g/mol. The second kappa shape index (κ2) is 9.66. The lowest BCUT2D eigenvalue weighted by atomic mass is 10.2. The highest BCUT2D eigenvalue weighted by Crippen LogP contribution is 2.23. The maximum atomic E-state index is 12.5. The van der Waals surface area contributed by atoms with Crippen molar-refractivity contribution in [2.45, 2.75) is 13.0 Å². The highest BCUT2D eigenvalue weighted by Gasteiger charge is 2.28. The number of rotatable bonds is 9. The number of hydrogen-bond donors (Lipinski definition) is 1. The van der Waals surface area contributed by atoms with Crippen molar-refractivity contribution in [2.75, 3.05) is 30.8 Å². The summed E-state index contributed by atoms with van der Waals surface area (Å²) in [6, 6.07) is 12.4. The molecule has 7 nitrogen and oxygen atoms in total. The van der Waals surface area contributed by atoms with Gasteiger partial charge < -0.3 is 14.8 Å². The molecule has 2 aromatic rings. The van der Waals surface area contributed by atoms with Crippen LogP contribution < -0.4 is 19.1 Å². The van der Waals surface area contributed by atoms with Gasteiger partial charge in [-0.05, 0) is 55.5 Å². The van der Waals surface area contributed by atoms with Crippen LogP contribution in [-0.4, -0.2) is 46.9 Å². The molecule has 0 unspecified atom stereocenters. The predicted molar refractivity (Wildman–Crippen MR) is 110 cm³/mol. The molecule has 0 heterocycles. The van der Waals surface area contributed by atoms with E-state index in [2.05, 4.69) is 5.32 Å². The molecule has 1 amide bonds. The van der Waals surface area contributed by atoms with E-state index in [0.717, 1.165) is 16.3 Å². The van der Waals surface area contributed by atoms with Crippen molar-refractivity contribution < 1.29 is 22.7 Å². The standard InChI is InChI=1S/C19H23ClN2O5S/c1-14(22(28(3,24)25)16-6-4-15(20)5-7-16)19(23)21-12-13-27-18-10-8-17(26-2)9-11-18/h4-11,14H,12-13H2,1-3H3,(H,21,23)/t14-/m0/s1. The average Bonchev–Trinajstić information content (AvgIpc) is 2.66. The van der Waals surface area contributed by atoms with Gasteiger partial charge in [0.05, 0.1) is 25.6 Å². The van der Waals surface area contributed by atoms with Gasteiger partial charge >= 0.3 is 0 Å². The van der Waals surface area contributed by atoms with E-state index in [1.807, 2.05) is 0 Å². The maximum absolute atomic E-state index is 12.5. The van der Waals surface area contributed by atoms with Crippen LogP contribution in [0.25, 0.3) is 0 Å². The number of nitrogens with zero attached hydrogens (tertiary/aromatic N) is 1. The Bertz CT molecular complexity index is 886. The first-order valence-electron chi connectivity index (χ1n) is 8.52. The first-order chi connectivity index (χ1) is 13.2. The molecule has 152 valence electrons. The van der Waals surface area contributed by atoms with Crippen LogP contribution >= 0.6 is 11.6 Å². The number of sulfonamides is 1. The molecule has 2 aromatic carbocycles. The van der Waals surface area contributed by atoms with E-state index in [0.29, 0.717) is 16.5 Å². The smallest absolute Gasteiger partial charge is 0.243 e. The van der Waals surface area contributed by atoms with Crippen LogP contribution in [0.4, 0.5) is 5.69 Å². The molecule has 1 N–H and O–H groups in total. The molecule has 0 bridgehead atoms. The van der Waals surface area contributed by atoms with Crippen molar-refractivity contribution in [3.63, 3.8) is 0 Å². The highest BCUT2D eigenvalue weighted by molar-refractivity contribution is 7.92. The van der Waals surface area contributed by atoms with Crippen LogP contribution in [0, 0.1) is 0 Å². The zero-order valence-corrected chi connectivity index (χ0v) is 17.5. The highest BCUT2D eigenvalue weighted by atomic mass is 35.5. The van der Waals surface area contributed by atoms with Crippen molar-refractivity contribution in [1.29, 1.82) is 0 Å². The molecule has 1 atom stereocenters. The minimum Gasteiger partial charge on any atom is -0.497 e. The van der Waals surface area contributed by atoms with Gasteiger partial charge in [-0.3, -0.25) is 9.10 Å². The Morgan fingerprint density at radius 2 is 1.68 bits per heavy atom. The summed E-state index contributed by atoms with van der Waals surface area (Å²) in [7, 11) is -2.09. The molecular formula is C19H23ClN2O5S. The summed E-state index contributed by atoms with van der Waals surface area (Å²) >= 11 is 5.86. The summed E-state index contributed by atoms with van der Waals surface area (Å²) in [5, 5.41) is 3.16. The SMILES string of the molecule is COc1ccc(OCCNC(=O)[C@H](C)N(c2ccc(Cl)cc2)S(C)(=O)=O)cc1. The Hall–Kier alpha value is -2.45. The van der Waals surface area contributed by atoms with Crippen LogP contribution in [0.2, 0.25) is 5.02 Å². The van der Waals surface area contributed by atoms with E-state index < -0.39 is 22.0 Å². The summed E-state index contributed by atoms with van der Waals surface area (Å²) < 4.78 is 36.1. The number of anilines is 1. The predicted octanol–water partition coefficient (Wildman–Crippen LogP) is 2.70. The number of nitrogens with one attached hydrogen (secondary N) is 1. The molecular weight excluding hydrogens is 404 g/mol. The largest absolute Gasteiger partial charge is 0.497 e. The average molecular weight is 427 g/mol. The number of carbonyl (C=O) groups is 1. The van der Waals surface area contributed by atoms with Gasteiger partial charge in [-0.15, -0.1) is 0 Å². The van der Waals surface area contributed by atoms with E-state index in [-0.39, 0.29) is 13.2 Å². The topological polar surface area (TPSA) is 84.9 Å². The van der Waals surface area contributed by atoms with Crippen LogP contribution in [0.1, 0.15) is 6.92 Å². The summed E-state index contributed by atoms with van der Waals surface area (Å²) in [5.41, 5.74) is 0.365. The molecule has 0 spiro atoms. The molecule has 28 heavy (non-hydrogen) atoms. The van der Waals surface area contributed by atoms with Crippen molar-refractivity contribution >= 4 is 33.2 Å². The lowest BCUT2D eigenvalue weighted by Crippen LogP contribution is -2.48. The minimum atomic E-state index is -3.67. The fourth-order valence-corrected chi connectivity index (χ4v) is 3.86. The molecule has 0 saturated heterocycles. The summed E-state index contributed by atoms with van der Waals surface area (Å²) in [6.45, 7) is 1.99. The number of ether oxygens (including phenoxy) is 2. The number of benzene rings is 2. The van der Waals surface area contributed by atoms with E-state index >= 15 is 0 Å². The van der Waals surface area contributed by atoms with E-state index in [9.17, 15) is 13.2 Å². The molecule has 0 aromatic heterocycles. The Morgan fingerprint density at radius 1 is 1.11 bits per heavy atom. The number of carbonyl (C=O) groups excluding carboxylic acids is 1. The second-order valence-electron chi connectivity index (χ2n) is 6.03. The zero-order valence-electron chi connectivity index (χ0n) is 15.9. The Kier molecular flexibility index (Phi) is 7.53. The Balaban J connectivity index is 1.94. The van der Waals surface area contributed by atoms with Gasteiger partial charge in [0.1, 0.15) is 24.1 Å². The number of halogens is 1. The maximum Gasteiger partial charge on any atom is 0.243 e. The van der Waals surface area contributed by atoms with Gasteiger partial charge in [0.25, 0.3) is 0 Å². The normalized spacial score (nSPS) is 12.1. The lowest BCUT2D eigenvalue weighted by molar-refractivity contribution is -0.121. The molecule has 0 radical (unpaired) electrons. The van der Waals surface area contributed by atoms with Gasteiger partial charge in [-0.25, -0.2) is 8.42 Å². The number of hydrogen-bond acceptors (Lipinski definition) is 5. The van der Waals surface area contributed by atoms with Crippen LogP contribution in [-0.2, 0) is 14.8 Å². The van der Waals surface area contributed by atoms with Crippen molar-refractivity contribution in [3.8, 4) is 11.5 Å². The first kappa shape index (κ1) is 21.8. The molecule has 0 aliphatic carbocycles. The van der Waals surface area contributed by atoms with E-state index in [1.165, 1.54) is 6.92 Å². The quantitative estimate of drug-likeness (QED) is 0.623. The van der Waals surface area contributed by atoms with Crippen molar-refractivity contribution in [3.05, 3.63) is 53.6 Å². The molecule has 9 heteroatoms. The molecule has 2 rings (SSSR count). The zero-order chi connectivity index (χ0) is 20.7. The van der Waals surface area contributed by atoms with Gasteiger partial charge in [-0.1, -0.05) is 11.6 Å². The Labute approximate surface area is 170 Å². The lowest BCUT2D eigenvalue weighted by Gasteiger charge is -2.28. The van der Waals surface area contributed by atoms with E-state index in [4.69, 9.17) is 21.1 Å². The summed E-state index contributed by atoms with van der Waals surface area (Å²) in [4.78, 5) is 12.5. The number of amides is 1. The summed E-state index contributed by atoms with van der Waals surface area (Å²) in [5.74, 6) is 0.929. The molecule has 0 aliphatic rings. The van der Waals surface area contributed by atoms with Gasteiger partial charge in [-0.2, -0.15) is 0 Å². The minimum absolute atomic E-state index is 0.230. The molecule has 0 aliphatic heterocycles. The fourth-order valence-electron chi connectivity index (χ4n) is 2.56. The van der Waals surface area contributed by atoms with Crippen molar-refractivity contribution in [2.24, 2.45) is 0 Å². The third-order valence-electron chi connectivity index (χ3n) is 3.90. The first-order valence-corrected chi connectivity index (χ1v) is 10.7. The van der Waals surface area contributed by atoms with Crippen LogP contribution in [0.3, 0.4) is 0 Å². The van der Waals surface area contributed by atoms with Gasteiger partial charge in [0.15, 0.2) is 0 Å². The van der Waals surface area contributed by atoms with Gasteiger partial charge in [0.2, 0.25) is 15.9 Å². The fraction of sp³-hybridized carbons (Fsp3) is 0.316. The van der Waals surface area contributed by atoms with E-state index in [1.54, 1.807) is 55.6 Å². The Morgan fingerprint density at radius 3 is 2.21 bits per heavy atom. The summed E-state index contributed by atoms with van der Waals surface area (Å²) in [6.07, 6.45) is 1.05. The number of methoxy groups -OCH3 is 1. The molecule has 0 saturated carbocycles. The second-order valence-corrected chi connectivity index (χ2v) is 8.32. The van der Waals surface area contributed by atoms with Gasteiger partial charge in [0, 0.05) is 5.02 Å². The van der Waals surface area contributed by atoms with Crippen LogP contribution in [0.15, 0.2) is 48.5 Å². The van der Waals surface area contributed by atoms with Crippen molar-refractivity contribution in [1.82, 2.24) is 5.32 Å². The van der Waals surface area contributed by atoms with Crippen LogP contribution in [0.5, 0.6) is 11.5 Å².